The van der Waals surface area contributed by atoms with Crippen LogP contribution in [0.4, 0.5) is 22.0 Å². The summed E-state index contributed by atoms with van der Waals surface area (Å²) in [6.45, 7) is -1.36. The molecule has 0 aromatic rings. The van der Waals surface area contributed by atoms with Gasteiger partial charge in [-0.25, -0.2) is 8.78 Å². The van der Waals surface area contributed by atoms with E-state index in [0.717, 1.165) is 0 Å². The first-order valence-corrected chi connectivity index (χ1v) is 4.84. The Morgan fingerprint density at radius 1 is 1.13 bits per heavy atom. The van der Waals surface area contributed by atoms with Crippen molar-refractivity contribution < 1.29 is 34.5 Å². The van der Waals surface area contributed by atoms with Gasteiger partial charge in [-0.15, -0.1) is 0 Å². The van der Waals surface area contributed by atoms with Gasteiger partial charge < -0.3 is 0 Å². The van der Waals surface area contributed by atoms with Crippen molar-refractivity contribution in [3.05, 3.63) is 0 Å². The molecule has 3 nitrogen and oxygen atoms in total. The molecule has 0 heterocycles. The van der Waals surface area contributed by atoms with Crippen molar-refractivity contribution in [1.29, 1.82) is 0 Å². The summed E-state index contributed by atoms with van der Waals surface area (Å²) >= 11 is -2.40. The third-order valence-corrected chi connectivity index (χ3v) is 1.80. The Hall–Kier alpha value is -0.280. The highest BCUT2D eigenvalue weighted by Gasteiger charge is 2.27. The van der Waals surface area contributed by atoms with E-state index in [9.17, 15) is 26.2 Å². The molecule has 0 saturated heterocycles. The quantitative estimate of drug-likeness (QED) is 0.655. The Morgan fingerprint density at radius 2 is 1.67 bits per heavy atom. The molecule has 15 heavy (non-hydrogen) atoms. The van der Waals surface area contributed by atoms with Crippen LogP contribution in [-0.4, -0.2) is 30.0 Å². The number of rotatable bonds is 7. The minimum absolute atomic E-state index is 0.531. The van der Waals surface area contributed by atoms with Crippen molar-refractivity contribution in [3.63, 3.8) is 0 Å². The second kappa shape index (κ2) is 7.07. The lowest BCUT2D eigenvalue weighted by Crippen LogP contribution is -2.13. The maximum Gasteiger partial charge on any atom is 0.391 e. The van der Waals surface area contributed by atoms with Crippen LogP contribution in [0, 0.1) is 0 Å². The molecular formula is C6H9F5O3S. The van der Waals surface area contributed by atoms with E-state index in [1.54, 1.807) is 0 Å². The first-order chi connectivity index (χ1) is 6.81. The van der Waals surface area contributed by atoms with Crippen molar-refractivity contribution in [2.24, 2.45) is 0 Å². The zero-order valence-electron chi connectivity index (χ0n) is 7.43. The SMILES string of the molecule is O=S(OCCC(F)F)OCCC(F)(F)F. The minimum atomic E-state index is -4.41. The van der Waals surface area contributed by atoms with Crippen molar-refractivity contribution in [2.45, 2.75) is 25.4 Å². The van der Waals surface area contributed by atoms with Gasteiger partial charge in [0.1, 0.15) is 0 Å². The Bertz CT molecular complexity index is 196. The van der Waals surface area contributed by atoms with Crippen molar-refractivity contribution in [2.75, 3.05) is 13.2 Å². The zero-order chi connectivity index (χ0) is 11.9. The molecule has 9 heteroatoms. The van der Waals surface area contributed by atoms with Crippen LogP contribution in [0.2, 0.25) is 0 Å². The molecule has 1 unspecified atom stereocenters. The van der Waals surface area contributed by atoms with Crippen LogP contribution in [0.15, 0.2) is 0 Å². The summed E-state index contributed by atoms with van der Waals surface area (Å²) in [4.78, 5) is 0. The monoisotopic (exact) mass is 256 g/mol. The van der Waals surface area contributed by atoms with E-state index in [-0.39, 0.29) is 0 Å². The molecule has 0 aromatic carbocycles. The standard InChI is InChI=1S/C6H9F5O3S/c7-5(8)1-3-13-15(12)14-4-2-6(9,10)11/h5H,1-4H2. The normalized spacial score (nSPS) is 14.5. The summed E-state index contributed by atoms with van der Waals surface area (Å²) in [5.74, 6) is 0. The molecule has 0 amide bonds. The number of alkyl halides is 5. The smallest absolute Gasteiger partial charge is 0.268 e. The molecule has 0 radical (unpaired) electrons. The molecule has 0 aromatic heterocycles. The van der Waals surface area contributed by atoms with Crippen LogP contribution in [0.5, 0.6) is 0 Å². The van der Waals surface area contributed by atoms with E-state index >= 15 is 0 Å². The maximum atomic E-state index is 11.5. The summed E-state index contributed by atoms with van der Waals surface area (Å²) in [5, 5.41) is 0. The Kier molecular flexibility index (Phi) is 6.94. The second-order valence-corrected chi connectivity index (χ2v) is 3.27. The van der Waals surface area contributed by atoms with E-state index in [0.29, 0.717) is 0 Å². The van der Waals surface area contributed by atoms with Gasteiger partial charge >= 0.3 is 17.5 Å². The molecule has 0 aliphatic rings. The van der Waals surface area contributed by atoms with Gasteiger partial charge in [0.25, 0.3) is 0 Å². The molecule has 0 N–H and O–H groups in total. The van der Waals surface area contributed by atoms with E-state index in [2.05, 4.69) is 8.37 Å². The fourth-order valence-corrected chi connectivity index (χ4v) is 0.984. The van der Waals surface area contributed by atoms with E-state index in [1.807, 2.05) is 0 Å². The molecular weight excluding hydrogens is 247 g/mol. The van der Waals surface area contributed by atoms with Crippen LogP contribution in [0.3, 0.4) is 0 Å². The van der Waals surface area contributed by atoms with Crippen LogP contribution in [0.25, 0.3) is 0 Å². The molecule has 0 rings (SSSR count). The zero-order valence-corrected chi connectivity index (χ0v) is 8.25. The average Bonchev–Trinajstić information content (AvgIpc) is 2.00. The largest absolute Gasteiger partial charge is 0.391 e. The van der Waals surface area contributed by atoms with Crippen molar-refractivity contribution in [1.82, 2.24) is 0 Å². The predicted octanol–water partition coefficient (Wildman–Crippen LogP) is 2.21. The topological polar surface area (TPSA) is 35.5 Å². The van der Waals surface area contributed by atoms with Gasteiger partial charge in [0.2, 0.25) is 6.43 Å². The highest BCUT2D eigenvalue weighted by Crippen LogP contribution is 2.19. The molecule has 92 valence electrons. The summed E-state index contributed by atoms with van der Waals surface area (Å²) in [7, 11) is 0. The minimum Gasteiger partial charge on any atom is -0.268 e. The molecule has 0 spiro atoms. The van der Waals surface area contributed by atoms with Crippen LogP contribution in [-0.2, 0) is 19.7 Å². The van der Waals surface area contributed by atoms with Gasteiger partial charge in [-0.05, 0) is 0 Å². The molecule has 0 bridgehead atoms. The molecule has 0 aliphatic heterocycles. The Labute approximate surface area is 85.4 Å². The fourth-order valence-electron chi connectivity index (χ4n) is 0.465. The van der Waals surface area contributed by atoms with E-state index in [1.165, 1.54) is 0 Å². The first kappa shape index (κ1) is 14.7. The number of hydrogen-bond donors (Lipinski definition) is 0. The molecule has 0 fully saturated rings. The highest BCUT2D eigenvalue weighted by molar-refractivity contribution is 7.75. The predicted molar refractivity (Wildman–Crippen MR) is 41.3 cm³/mol. The number of hydrogen-bond acceptors (Lipinski definition) is 3. The fraction of sp³-hybridized carbons (Fsp3) is 1.00. The van der Waals surface area contributed by atoms with Gasteiger partial charge in [0.05, 0.1) is 19.6 Å². The van der Waals surface area contributed by atoms with E-state index < -0.39 is 50.0 Å². The summed E-state index contributed by atoms with van der Waals surface area (Å²) in [5.41, 5.74) is 0. The molecule has 0 aliphatic carbocycles. The van der Waals surface area contributed by atoms with E-state index in [4.69, 9.17) is 0 Å². The van der Waals surface area contributed by atoms with Gasteiger partial charge in [-0.3, -0.25) is 8.37 Å². The second-order valence-electron chi connectivity index (χ2n) is 2.39. The van der Waals surface area contributed by atoms with Crippen molar-refractivity contribution in [3.8, 4) is 0 Å². The molecule has 0 saturated carbocycles. The van der Waals surface area contributed by atoms with Crippen LogP contribution >= 0.6 is 0 Å². The lowest BCUT2D eigenvalue weighted by molar-refractivity contribution is -0.139. The number of halogens is 5. The highest BCUT2D eigenvalue weighted by atomic mass is 32.2. The third-order valence-electron chi connectivity index (χ3n) is 1.08. The summed E-state index contributed by atoms with van der Waals surface area (Å²) < 4.78 is 76.5. The average molecular weight is 256 g/mol. The Balaban J connectivity index is 3.42. The lowest BCUT2D eigenvalue weighted by atomic mass is 10.5. The van der Waals surface area contributed by atoms with Gasteiger partial charge in [0, 0.05) is 6.42 Å². The maximum absolute atomic E-state index is 11.5. The van der Waals surface area contributed by atoms with Crippen LogP contribution < -0.4 is 0 Å². The Morgan fingerprint density at radius 3 is 2.13 bits per heavy atom. The molecule has 1 atom stereocenters. The summed E-state index contributed by atoms with van der Waals surface area (Å²) in [6, 6.07) is 0. The lowest BCUT2D eigenvalue weighted by Gasteiger charge is -2.06. The van der Waals surface area contributed by atoms with Crippen molar-refractivity contribution >= 4 is 11.4 Å². The first-order valence-electron chi connectivity index (χ1n) is 3.84. The van der Waals surface area contributed by atoms with Crippen LogP contribution in [0.1, 0.15) is 12.8 Å². The third kappa shape index (κ3) is 11.6. The summed E-state index contributed by atoms with van der Waals surface area (Å²) in [6.07, 6.45) is -8.93. The van der Waals surface area contributed by atoms with Gasteiger partial charge in [-0.2, -0.15) is 17.4 Å². The van der Waals surface area contributed by atoms with Gasteiger partial charge in [0.15, 0.2) is 0 Å². The van der Waals surface area contributed by atoms with Gasteiger partial charge in [-0.1, -0.05) is 0 Å².